The molecule has 0 fully saturated rings. The Kier molecular flexibility index (Phi) is 7.14. The maximum Gasteiger partial charge on any atom is 0.137 e. The first-order chi connectivity index (χ1) is 8.59. The molecule has 1 atom stereocenters. The van der Waals surface area contributed by atoms with Crippen molar-refractivity contribution in [1.82, 2.24) is 5.32 Å². The van der Waals surface area contributed by atoms with Crippen LogP contribution in [-0.4, -0.2) is 19.2 Å². The third-order valence-electron chi connectivity index (χ3n) is 2.87. The Balaban J connectivity index is 2.13. The third-order valence-corrected chi connectivity index (χ3v) is 3.18. The van der Waals surface area contributed by atoms with E-state index in [0.717, 1.165) is 18.2 Å². The number of para-hydroxylation sites is 1. The van der Waals surface area contributed by atoms with Crippen molar-refractivity contribution in [2.24, 2.45) is 5.92 Å². The minimum Gasteiger partial charge on any atom is -0.491 e. The minimum atomic E-state index is 0.544. The van der Waals surface area contributed by atoms with Gasteiger partial charge in [-0.1, -0.05) is 37.6 Å². The van der Waals surface area contributed by atoms with Crippen LogP contribution in [0, 0.1) is 5.92 Å². The van der Waals surface area contributed by atoms with Gasteiger partial charge in [-0.3, -0.25) is 0 Å². The van der Waals surface area contributed by atoms with Gasteiger partial charge in [0.1, 0.15) is 12.4 Å². The van der Waals surface area contributed by atoms with E-state index in [1.165, 1.54) is 12.8 Å². The van der Waals surface area contributed by atoms with Crippen LogP contribution in [0.4, 0.5) is 0 Å². The Morgan fingerprint density at radius 2 is 1.89 bits per heavy atom. The van der Waals surface area contributed by atoms with Crippen molar-refractivity contribution in [1.29, 1.82) is 0 Å². The lowest BCUT2D eigenvalue weighted by Gasteiger charge is -2.15. The van der Waals surface area contributed by atoms with E-state index in [1.54, 1.807) is 0 Å². The number of benzene rings is 1. The van der Waals surface area contributed by atoms with Crippen molar-refractivity contribution >= 4 is 11.6 Å². The quantitative estimate of drug-likeness (QED) is 0.717. The molecule has 0 bridgehead atoms. The molecule has 0 aromatic heterocycles. The molecule has 0 aliphatic rings. The Hall–Kier alpha value is -0.730. The van der Waals surface area contributed by atoms with Gasteiger partial charge < -0.3 is 10.1 Å². The Bertz CT molecular complexity index is 341. The van der Waals surface area contributed by atoms with Crippen molar-refractivity contribution in [2.45, 2.75) is 39.7 Å². The SMILES string of the molecule is CC(C)CCC(C)NCCOc1ccccc1Cl. The standard InChI is InChI=1S/C15H24ClNO/c1-12(2)8-9-13(3)17-10-11-18-15-7-5-4-6-14(15)16/h4-7,12-13,17H,8-11H2,1-3H3. The molecule has 0 amide bonds. The van der Waals surface area contributed by atoms with Gasteiger partial charge in [0.05, 0.1) is 5.02 Å². The summed E-state index contributed by atoms with van der Waals surface area (Å²) < 4.78 is 5.62. The molecule has 2 nitrogen and oxygen atoms in total. The fourth-order valence-electron chi connectivity index (χ4n) is 1.71. The maximum atomic E-state index is 6.00. The smallest absolute Gasteiger partial charge is 0.137 e. The highest BCUT2D eigenvalue weighted by Crippen LogP contribution is 2.22. The zero-order valence-corrected chi connectivity index (χ0v) is 12.3. The van der Waals surface area contributed by atoms with Crippen LogP contribution >= 0.6 is 11.6 Å². The van der Waals surface area contributed by atoms with Gasteiger partial charge in [0.2, 0.25) is 0 Å². The number of hydrogen-bond acceptors (Lipinski definition) is 2. The summed E-state index contributed by atoms with van der Waals surface area (Å²) in [6, 6.07) is 8.11. The van der Waals surface area contributed by atoms with E-state index in [1.807, 2.05) is 24.3 Å². The molecule has 0 aliphatic carbocycles. The van der Waals surface area contributed by atoms with Crippen LogP contribution in [0.3, 0.4) is 0 Å². The molecule has 1 aromatic carbocycles. The van der Waals surface area contributed by atoms with Crippen molar-refractivity contribution in [3.8, 4) is 5.75 Å². The molecule has 1 rings (SSSR count). The molecule has 3 heteroatoms. The van der Waals surface area contributed by atoms with Crippen LogP contribution in [0.15, 0.2) is 24.3 Å². The predicted molar refractivity (Wildman–Crippen MR) is 78.5 cm³/mol. The zero-order chi connectivity index (χ0) is 13.4. The second kappa shape index (κ2) is 8.39. The molecule has 0 spiro atoms. The van der Waals surface area contributed by atoms with Gasteiger partial charge in [0.15, 0.2) is 0 Å². The highest BCUT2D eigenvalue weighted by Gasteiger charge is 2.03. The van der Waals surface area contributed by atoms with Gasteiger partial charge in [-0.15, -0.1) is 0 Å². The molecule has 1 unspecified atom stereocenters. The summed E-state index contributed by atoms with van der Waals surface area (Å²) in [6.45, 7) is 8.23. The van der Waals surface area contributed by atoms with Gasteiger partial charge >= 0.3 is 0 Å². The lowest BCUT2D eigenvalue weighted by atomic mass is 10.0. The highest BCUT2D eigenvalue weighted by molar-refractivity contribution is 6.32. The van der Waals surface area contributed by atoms with Crippen LogP contribution < -0.4 is 10.1 Å². The lowest BCUT2D eigenvalue weighted by Crippen LogP contribution is -2.30. The maximum absolute atomic E-state index is 6.00. The number of rotatable bonds is 8. The summed E-state index contributed by atoms with van der Waals surface area (Å²) in [5.41, 5.74) is 0. The number of halogens is 1. The topological polar surface area (TPSA) is 21.3 Å². The average molecular weight is 270 g/mol. The summed E-state index contributed by atoms with van der Waals surface area (Å²) in [5, 5.41) is 4.13. The minimum absolute atomic E-state index is 0.544. The molecule has 102 valence electrons. The van der Waals surface area contributed by atoms with Gasteiger partial charge in [0.25, 0.3) is 0 Å². The molecule has 0 radical (unpaired) electrons. The predicted octanol–water partition coefficient (Wildman–Crippen LogP) is 4.13. The summed E-state index contributed by atoms with van der Waals surface area (Å²) in [7, 11) is 0. The van der Waals surface area contributed by atoms with E-state index in [9.17, 15) is 0 Å². The Morgan fingerprint density at radius 1 is 1.17 bits per heavy atom. The van der Waals surface area contributed by atoms with Gasteiger partial charge in [-0.2, -0.15) is 0 Å². The lowest BCUT2D eigenvalue weighted by molar-refractivity contribution is 0.303. The van der Waals surface area contributed by atoms with E-state index in [4.69, 9.17) is 16.3 Å². The molecule has 18 heavy (non-hydrogen) atoms. The van der Waals surface area contributed by atoms with E-state index in [0.29, 0.717) is 17.7 Å². The fraction of sp³-hybridized carbons (Fsp3) is 0.600. The van der Waals surface area contributed by atoms with E-state index in [-0.39, 0.29) is 0 Å². The van der Waals surface area contributed by atoms with Gasteiger partial charge in [-0.05, 0) is 37.8 Å². The molecule has 1 N–H and O–H groups in total. The van der Waals surface area contributed by atoms with E-state index in [2.05, 4.69) is 26.1 Å². The van der Waals surface area contributed by atoms with Crippen molar-refractivity contribution in [2.75, 3.05) is 13.2 Å². The second-order valence-corrected chi connectivity index (χ2v) is 5.51. The molecule has 0 heterocycles. The fourth-order valence-corrected chi connectivity index (χ4v) is 1.90. The second-order valence-electron chi connectivity index (χ2n) is 5.11. The van der Waals surface area contributed by atoms with Crippen LogP contribution in [0.1, 0.15) is 33.6 Å². The van der Waals surface area contributed by atoms with Gasteiger partial charge in [0, 0.05) is 12.6 Å². The molecule has 0 saturated carbocycles. The molecular formula is C15H24ClNO. The summed E-state index contributed by atoms with van der Waals surface area (Å²) in [5.74, 6) is 1.53. The van der Waals surface area contributed by atoms with Crippen LogP contribution in [0.25, 0.3) is 0 Å². The Labute approximate surface area is 116 Å². The number of ether oxygens (including phenoxy) is 1. The van der Waals surface area contributed by atoms with Crippen LogP contribution in [-0.2, 0) is 0 Å². The normalized spacial score (nSPS) is 12.7. The summed E-state index contributed by atoms with van der Waals surface area (Å²) in [4.78, 5) is 0. The molecule has 0 saturated heterocycles. The first kappa shape index (κ1) is 15.3. The van der Waals surface area contributed by atoms with Crippen molar-refractivity contribution in [3.05, 3.63) is 29.3 Å². The van der Waals surface area contributed by atoms with E-state index >= 15 is 0 Å². The Morgan fingerprint density at radius 3 is 2.56 bits per heavy atom. The first-order valence-electron chi connectivity index (χ1n) is 6.70. The first-order valence-corrected chi connectivity index (χ1v) is 7.08. The zero-order valence-electron chi connectivity index (χ0n) is 11.6. The summed E-state index contributed by atoms with van der Waals surface area (Å²) >= 11 is 6.00. The largest absolute Gasteiger partial charge is 0.491 e. The van der Waals surface area contributed by atoms with E-state index < -0.39 is 0 Å². The number of hydrogen-bond donors (Lipinski definition) is 1. The molecular weight excluding hydrogens is 246 g/mol. The average Bonchev–Trinajstić information content (AvgIpc) is 2.34. The molecule has 1 aromatic rings. The highest BCUT2D eigenvalue weighted by atomic mass is 35.5. The molecule has 0 aliphatic heterocycles. The summed E-state index contributed by atoms with van der Waals surface area (Å²) in [6.07, 6.45) is 2.48. The number of nitrogens with one attached hydrogen (secondary N) is 1. The van der Waals surface area contributed by atoms with Crippen LogP contribution in [0.5, 0.6) is 5.75 Å². The third kappa shape index (κ3) is 6.27. The monoisotopic (exact) mass is 269 g/mol. The van der Waals surface area contributed by atoms with Crippen molar-refractivity contribution < 1.29 is 4.74 Å². The van der Waals surface area contributed by atoms with Crippen LogP contribution in [0.2, 0.25) is 5.02 Å². The van der Waals surface area contributed by atoms with Crippen molar-refractivity contribution in [3.63, 3.8) is 0 Å². The van der Waals surface area contributed by atoms with Gasteiger partial charge in [-0.25, -0.2) is 0 Å².